The van der Waals surface area contributed by atoms with E-state index >= 15 is 0 Å². The number of rotatable bonds is 6. The van der Waals surface area contributed by atoms with Crippen molar-refractivity contribution in [3.05, 3.63) is 89.0 Å². The standard InChI is InChI=1S/C20H18ClN3O2/c1-26-18-7-3-2-6-17(18)14-24(13-15-5-4-9-22-12-15)20(25)16-8-10-23-19(21)11-16/h2-12H,13-14H2,1H3. The van der Waals surface area contributed by atoms with E-state index in [1.807, 2.05) is 36.4 Å². The molecule has 0 saturated carbocycles. The molecular weight excluding hydrogens is 350 g/mol. The van der Waals surface area contributed by atoms with Gasteiger partial charge in [0.2, 0.25) is 0 Å². The van der Waals surface area contributed by atoms with Crippen LogP contribution in [0.2, 0.25) is 5.15 Å². The number of aromatic nitrogens is 2. The summed E-state index contributed by atoms with van der Waals surface area (Å²) >= 11 is 5.95. The summed E-state index contributed by atoms with van der Waals surface area (Å²) in [6, 6.07) is 14.7. The lowest BCUT2D eigenvalue weighted by Crippen LogP contribution is -2.30. The summed E-state index contributed by atoms with van der Waals surface area (Å²) in [5.41, 5.74) is 2.35. The fourth-order valence-electron chi connectivity index (χ4n) is 2.67. The van der Waals surface area contributed by atoms with E-state index in [0.29, 0.717) is 18.7 Å². The van der Waals surface area contributed by atoms with Crippen LogP contribution >= 0.6 is 11.6 Å². The van der Waals surface area contributed by atoms with Crippen LogP contribution in [0.5, 0.6) is 5.75 Å². The van der Waals surface area contributed by atoms with Crippen LogP contribution in [-0.4, -0.2) is 27.9 Å². The number of benzene rings is 1. The van der Waals surface area contributed by atoms with E-state index in [2.05, 4.69) is 9.97 Å². The number of hydrogen-bond donors (Lipinski definition) is 0. The van der Waals surface area contributed by atoms with Crippen molar-refractivity contribution in [1.29, 1.82) is 0 Å². The molecule has 6 heteroatoms. The molecule has 0 aliphatic rings. The summed E-state index contributed by atoms with van der Waals surface area (Å²) in [5.74, 6) is 0.605. The van der Waals surface area contributed by atoms with Crippen molar-refractivity contribution in [2.45, 2.75) is 13.1 Å². The molecule has 0 saturated heterocycles. The molecule has 0 N–H and O–H groups in total. The monoisotopic (exact) mass is 367 g/mol. The fraction of sp³-hybridized carbons (Fsp3) is 0.150. The van der Waals surface area contributed by atoms with Gasteiger partial charge in [0, 0.05) is 42.8 Å². The summed E-state index contributed by atoms with van der Waals surface area (Å²) in [7, 11) is 1.62. The lowest BCUT2D eigenvalue weighted by atomic mass is 10.1. The molecule has 3 aromatic rings. The van der Waals surface area contributed by atoms with Crippen molar-refractivity contribution in [3.8, 4) is 5.75 Å². The number of hydrogen-bond acceptors (Lipinski definition) is 4. The van der Waals surface area contributed by atoms with Crippen molar-refractivity contribution in [2.75, 3.05) is 7.11 Å². The first-order valence-corrected chi connectivity index (χ1v) is 8.47. The molecule has 5 nitrogen and oxygen atoms in total. The van der Waals surface area contributed by atoms with Crippen LogP contribution in [-0.2, 0) is 13.1 Å². The van der Waals surface area contributed by atoms with Gasteiger partial charge in [-0.2, -0.15) is 0 Å². The average Bonchev–Trinajstić information content (AvgIpc) is 2.68. The molecule has 0 spiro atoms. The Bertz CT molecular complexity index is 887. The third-order valence-corrected chi connectivity index (χ3v) is 4.12. The first-order chi connectivity index (χ1) is 12.7. The molecule has 1 aromatic carbocycles. The third-order valence-electron chi connectivity index (χ3n) is 3.91. The largest absolute Gasteiger partial charge is 0.496 e. The predicted molar refractivity (Wildman–Crippen MR) is 100 cm³/mol. The van der Waals surface area contributed by atoms with Gasteiger partial charge in [0.25, 0.3) is 5.91 Å². The van der Waals surface area contributed by atoms with Crippen LogP contribution in [0.25, 0.3) is 0 Å². The Balaban J connectivity index is 1.92. The normalized spacial score (nSPS) is 10.4. The van der Waals surface area contributed by atoms with Gasteiger partial charge < -0.3 is 9.64 Å². The molecule has 132 valence electrons. The minimum Gasteiger partial charge on any atom is -0.496 e. The molecule has 0 aliphatic heterocycles. The van der Waals surface area contributed by atoms with E-state index in [4.69, 9.17) is 16.3 Å². The molecule has 0 aliphatic carbocycles. The molecule has 3 rings (SSSR count). The highest BCUT2D eigenvalue weighted by molar-refractivity contribution is 6.29. The third kappa shape index (κ3) is 4.37. The van der Waals surface area contributed by atoms with Gasteiger partial charge in [-0.1, -0.05) is 35.9 Å². The van der Waals surface area contributed by atoms with Crippen molar-refractivity contribution >= 4 is 17.5 Å². The zero-order chi connectivity index (χ0) is 18.4. The second-order valence-electron chi connectivity index (χ2n) is 5.70. The smallest absolute Gasteiger partial charge is 0.254 e. The van der Waals surface area contributed by atoms with Gasteiger partial charge >= 0.3 is 0 Å². The maximum absolute atomic E-state index is 13.1. The Labute approximate surface area is 157 Å². The molecule has 2 aromatic heterocycles. The van der Waals surface area contributed by atoms with Crippen molar-refractivity contribution in [2.24, 2.45) is 0 Å². The van der Waals surface area contributed by atoms with Crippen LogP contribution < -0.4 is 4.74 Å². The van der Waals surface area contributed by atoms with Crippen molar-refractivity contribution < 1.29 is 9.53 Å². The number of nitrogens with zero attached hydrogens (tertiary/aromatic N) is 3. The highest BCUT2D eigenvalue weighted by atomic mass is 35.5. The number of carbonyl (C=O) groups excluding carboxylic acids is 1. The van der Waals surface area contributed by atoms with Crippen LogP contribution in [0, 0.1) is 0 Å². The van der Waals surface area contributed by atoms with E-state index < -0.39 is 0 Å². The van der Waals surface area contributed by atoms with E-state index in [9.17, 15) is 4.79 Å². The van der Waals surface area contributed by atoms with Crippen molar-refractivity contribution in [1.82, 2.24) is 14.9 Å². The quantitative estimate of drug-likeness (QED) is 0.618. The second kappa shape index (κ2) is 8.45. The van der Waals surface area contributed by atoms with Gasteiger partial charge in [-0.3, -0.25) is 9.78 Å². The zero-order valence-corrected chi connectivity index (χ0v) is 15.1. The molecular formula is C20H18ClN3O2. The molecule has 0 radical (unpaired) electrons. The minimum absolute atomic E-state index is 0.135. The highest BCUT2D eigenvalue weighted by Gasteiger charge is 2.19. The van der Waals surface area contributed by atoms with Gasteiger partial charge in [-0.05, 0) is 29.8 Å². The average molecular weight is 368 g/mol. The molecule has 0 unspecified atom stereocenters. The number of carbonyl (C=O) groups is 1. The van der Waals surface area contributed by atoms with Crippen LogP contribution in [0.3, 0.4) is 0 Å². The Hall–Kier alpha value is -2.92. The van der Waals surface area contributed by atoms with Gasteiger partial charge in [0.15, 0.2) is 0 Å². The van der Waals surface area contributed by atoms with E-state index in [-0.39, 0.29) is 11.1 Å². The summed E-state index contributed by atoms with van der Waals surface area (Å²) in [6.45, 7) is 0.822. The van der Waals surface area contributed by atoms with Crippen molar-refractivity contribution in [3.63, 3.8) is 0 Å². The summed E-state index contributed by atoms with van der Waals surface area (Å²) in [4.78, 5) is 22.9. The van der Waals surface area contributed by atoms with E-state index in [1.165, 1.54) is 6.20 Å². The van der Waals surface area contributed by atoms with Gasteiger partial charge in [-0.15, -0.1) is 0 Å². The van der Waals surface area contributed by atoms with E-state index in [0.717, 1.165) is 16.9 Å². The second-order valence-corrected chi connectivity index (χ2v) is 6.09. The topological polar surface area (TPSA) is 55.3 Å². The molecule has 0 bridgehead atoms. The molecule has 0 fully saturated rings. The predicted octanol–water partition coefficient (Wildman–Crippen LogP) is 3.98. The van der Waals surface area contributed by atoms with Crippen LogP contribution in [0.15, 0.2) is 67.1 Å². The maximum Gasteiger partial charge on any atom is 0.254 e. The summed E-state index contributed by atoms with van der Waals surface area (Å²) < 4.78 is 5.42. The number of ether oxygens (including phenoxy) is 1. The SMILES string of the molecule is COc1ccccc1CN(Cc1cccnc1)C(=O)c1ccnc(Cl)c1. The van der Waals surface area contributed by atoms with Gasteiger partial charge in [-0.25, -0.2) is 4.98 Å². The number of para-hydroxylation sites is 1. The van der Waals surface area contributed by atoms with Gasteiger partial charge in [0.1, 0.15) is 10.9 Å². The van der Waals surface area contributed by atoms with Crippen LogP contribution in [0.4, 0.5) is 0 Å². The zero-order valence-electron chi connectivity index (χ0n) is 14.3. The highest BCUT2D eigenvalue weighted by Crippen LogP contribution is 2.22. The summed E-state index contributed by atoms with van der Waals surface area (Å²) in [6.07, 6.45) is 4.99. The molecule has 1 amide bonds. The maximum atomic E-state index is 13.1. The number of methoxy groups -OCH3 is 1. The first kappa shape index (κ1) is 17.9. The molecule has 26 heavy (non-hydrogen) atoms. The Morgan fingerprint density at radius 2 is 1.96 bits per heavy atom. The van der Waals surface area contributed by atoms with Crippen LogP contribution in [0.1, 0.15) is 21.5 Å². The van der Waals surface area contributed by atoms with E-state index in [1.54, 1.807) is 36.5 Å². The molecule has 2 heterocycles. The lowest BCUT2D eigenvalue weighted by molar-refractivity contribution is 0.0728. The Morgan fingerprint density at radius 1 is 1.12 bits per heavy atom. The fourth-order valence-corrected chi connectivity index (χ4v) is 2.84. The minimum atomic E-state index is -0.135. The first-order valence-electron chi connectivity index (χ1n) is 8.09. The number of amides is 1. The Morgan fingerprint density at radius 3 is 2.69 bits per heavy atom. The number of pyridine rings is 2. The van der Waals surface area contributed by atoms with Gasteiger partial charge in [0.05, 0.1) is 7.11 Å². The molecule has 0 atom stereocenters. The number of halogens is 1. The summed E-state index contributed by atoms with van der Waals surface area (Å²) in [5, 5.41) is 0.287. The lowest BCUT2D eigenvalue weighted by Gasteiger charge is -2.24. The Kier molecular flexibility index (Phi) is 5.81.